The minimum absolute atomic E-state index is 0.238. The van der Waals surface area contributed by atoms with Gasteiger partial charge in [-0.2, -0.15) is 15.0 Å². The van der Waals surface area contributed by atoms with Gasteiger partial charge in [-0.05, 0) is 49.9 Å². The molecular formula is C17H22ClN5O. The van der Waals surface area contributed by atoms with Gasteiger partial charge in [0.1, 0.15) is 11.6 Å². The minimum atomic E-state index is -0.265. The molecule has 0 bridgehead atoms. The molecule has 1 aliphatic rings. The van der Waals surface area contributed by atoms with Crippen molar-refractivity contribution in [1.29, 1.82) is 0 Å². The zero-order valence-corrected chi connectivity index (χ0v) is 14.9. The van der Waals surface area contributed by atoms with Crippen LogP contribution in [0.15, 0.2) is 12.1 Å². The number of rotatable bonds is 6. The Morgan fingerprint density at radius 1 is 1.25 bits per heavy atom. The molecule has 0 spiro atoms. The van der Waals surface area contributed by atoms with Gasteiger partial charge in [-0.3, -0.25) is 0 Å². The zero-order valence-electron chi connectivity index (χ0n) is 14.1. The molecule has 2 aromatic rings. The molecule has 24 heavy (non-hydrogen) atoms. The second kappa shape index (κ2) is 6.81. The average molecular weight is 348 g/mol. The van der Waals surface area contributed by atoms with Gasteiger partial charge in [0.15, 0.2) is 6.23 Å². The summed E-state index contributed by atoms with van der Waals surface area (Å²) < 4.78 is 6.03. The Labute approximate surface area is 146 Å². The van der Waals surface area contributed by atoms with Gasteiger partial charge in [0.2, 0.25) is 11.9 Å². The van der Waals surface area contributed by atoms with Crippen molar-refractivity contribution in [2.24, 2.45) is 0 Å². The molecule has 6 nitrogen and oxygen atoms in total. The highest BCUT2D eigenvalue weighted by molar-refractivity contribution is 6.32. The lowest BCUT2D eigenvalue weighted by molar-refractivity contribution is 0.224. The van der Waals surface area contributed by atoms with Crippen molar-refractivity contribution in [3.63, 3.8) is 0 Å². The minimum Gasteiger partial charge on any atom is -0.471 e. The molecule has 1 unspecified atom stereocenters. The van der Waals surface area contributed by atoms with Crippen molar-refractivity contribution in [1.82, 2.24) is 15.0 Å². The van der Waals surface area contributed by atoms with Crippen LogP contribution in [0.4, 0.5) is 11.9 Å². The van der Waals surface area contributed by atoms with Crippen molar-refractivity contribution in [3.05, 3.63) is 34.1 Å². The second-order valence-electron chi connectivity index (χ2n) is 6.18. The van der Waals surface area contributed by atoms with Crippen molar-refractivity contribution in [2.45, 2.75) is 52.2 Å². The average Bonchev–Trinajstić information content (AvgIpc) is 3.36. The lowest BCUT2D eigenvalue weighted by Crippen LogP contribution is -2.27. The maximum atomic E-state index is 6.21. The van der Waals surface area contributed by atoms with Crippen LogP contribution in [-0.4, -0.2) is 21.2 Å². The fraction of sp³-hybridized carbons (Fsp3) is 0.471. The van der Waals surface area contributed by atoms with Crippen LogP contribution in [0.1, 0.15) is 49.1 Å². The van der Waals surface area contributed by atoms with Gasteiger partial charge in [-0.1, -0.05) is 18.5 Å². The number of nitrogens with zero attached hydrogens (tertiary/aromatic N) is 3. The Hall–Kier alpha value is -2.08. The summed E-state index contributed by atoms with van der Waals surface area (Å²) in [5.74, 6) is 2.63. The van der Waals surface area contributed by atoms with Gasteiger partial charge in [0, 0.05) is 17.4 Å². The van der Waals surface area contributed by atoms with E-state index in [0.29, 0.717) is 11.9 Å². The maximum Gasteiger partial charge on any atom is 0.230 e. The number of halogens is 1. The monoisotopic (exact) mass is 347 g/mol. The molecule has 3 N–H and O–H groups in total. The molecule has 0 radical (unpaired) electrons. The molecule has 1 saturated carbocycles. The third kappa shape index (κ3) is 3.87. The number of hydrogen-bond acceptors (Lipinski definition) is 6. The summed E-state index contributed by atoms with van der Waals surface area (Å²) in [6.07, 6.45) is 2.70. The first kappa shape index (κ1) is 16.8. The SMILES string of the molecule is CCC(Nc1nc(N)nc(C2CC2)n1)Oc1cc(C)c(Cl)c(C)c1. The van der Waals surface area contributed by atoms with E-state index in [-0.39, 0.29) is 12.2 Å². The molecule has 1 heterocycles. The summed E-state index contributed by atoms with van der Waals surface area (Å²) in [5, 5.41) is 3.96. The third-order valence-electron chi connectivity index (χ3n) is 3.96. The van der Waals surface area contributed by atoms with E-state index in [1.165, 1.54) is 0 Å². The van der Waals surface area contributed by atoms with E-state index in [1.54, 1.807) is 0 Å². The van der Waals surface area contributed by atoms with Crippen LogP contribution in [-0.2, 0) is 0 Å². The number of ether oxygens (including phenoxy) is 1. The van der Waals surface area contributed by atoms with Gasteiger partial charge in [0.05, 0.1) is 0 Å². The molecule has 1 aromatic carbocycles. The fourth-order valence-electron chi connectivity index (χ4n) is 2.50. The van der Waals surface area contributed by atoms with Gasteiger partial charge >= 0.3 is 0 Å². The quantitative estimate of drug-likeness (QED) is 0.772. The predicted molar refractivity (Wildman–Crippen MR) is 95.5 cm³/mol. The highest BCUT2D eigenvalue weighted by Crippen LogP contribution is 2.38. The second-order valence-corrected chi connectivity index (χ2v) is 6.56. The molecule has 1 atom stereocenters. The predicted octanol–water partition coefficient (Wildman–Crippen LogP) is 3.83. The summed E-state index contributed by atoms with van der Waals surface area (Å²) >= 11 is 6.21. The number of benzene rings is 1. The number of aromatic nitrogens is 3. The standard InChI is InChI=1S/C17H22ClN5O/c1-4-13(24-12-7-9(2)14(18)10(3)8-12)20-17-22-15(11-5-6-11)21-16(19)23-17/h7-8,11,13H,4-6H2,1-3H3,(H3,19,20,21,22,23). The molecule has 7 heteroatoms. The molecule has 128 valence electrons. The Morgan fingerprint density at radius 3 is 2.50 bits per heavy atom. The molecule has 0 aliphatic heterocycles. The number of nitrogens with one attached hydrogen (secondary N) is 1. The normalized spacial score (nSPS) is 15.2. The van der Waals surface area contributed by atoms with Crippen LogP contribution in [0.3, 0.4) is 0 Å². The lowest BCUT2D eigenvalue weighted by Gasteiger charge is -2.20. The number of nitrogens with two attached hydrogens (primary N) is 1. The van der Waals surface area contributed by atoms with Crippen molar-refractivity contribution >= 4 is 23.5 Å². The topological polar surface area (TPSA) is 86.0 Å². The van der Waals surface area contributed by atoms with Gasteiger partial charge in [-0.25, -0.2) is 0 Å². The van der Waals surface area contributed by atoms with E-state index in [1.807, 2.05) is 32.9 Å². The first-order valence-corrected chi connectivity index (χ1v) is 8.55. The highest BCUT2D eigenvalue weighted by atomic mass is 35.5. The van der Waals surface area contributed by atoms with Gasteiger partial charge in [-0.15, -0.1) is 0 Å². The van der Waals surface area contributed by atoms with E-state index < -0.39 is 0 Å². The number of hydrogen-bond donors (Lipinski definition) is 2. The molecule has 1 fully saturated rings. The van der Waals surface area contributed by atoms with Crippen LogP contribution in [0, 0.1) is 13.8 Å². The number of nitrogen functional groups attached to an aromatic ring is 1. The third-order valence-corrected chi connectivity index (χ3v) is 4.56. The van der Waals surface area contributed by atoms with Gasteiger partial charge in [0.25, 0.3) is 0 Å². The van der Waals surface area contributed by atoms with Crippen molar-refractivity contribution in [3.8, 4) is 5.75 Å². The first-order chi connectivity index (χ1) is 11.5. The molecule has 3 rings (SSSR count). The van der Waals surface area contributed by atoms with E-state index >= 15 is 0 Å². The molecule has 0 saturated heterocycles. The van der Waals surface area contributed by atoms with Crippen LogP contribution in [0.25, 0.3) is 0 Å². The molecular weight excluding hydrogens is 326 g/mol. The van der Waals surface area contributed by atoms with Crippen molar-refractivity contribution < 1.29 is 4.74 Å². The number of aryl methyl sites for hydroxylation is 2. The smallest absolute Gasteiger partial charge is 0.230 e. The summed E-state index contributed by atoms with van der Waals surface area (Å²) in [6.45, 7) is 5.95. The first-order valence-electron chi connectivity index (χ1n) is 8.17. The summed E-state index contributed by atoms with van der Waals surface area (Å²) in [4.78, 5) is 12.8. The summed E-state index contributed by atoms with van der Waals surface area (Å²) in [5.41, 5.74) is 7.77. The Kier molecular flexibility index (Phi) is 4.76. The Balaban J connectivity index is 1.75. The van der Waals surface area contributed by atoms with Crippen molar-refractivity contribution in [2.75, 3.05) is 11.1 Å². The van der Waals surface area contributed by atoms with Crippen LogP contribution >= 0.6 is 11.6 Å². The van der Waals surface area contributed by atoms with E-state index in [2.05, 4.69) is 20.3 Å². The van der Waals surface area contributed by atoms with E-state index in [4.69, 9.17) is 22.1 Å². The van der Waals surface area contributed by atoms with Crippen LogP contribution < -0.4 is 15.8 Å². The van der Waals surface area contributed by atoms with E-state index in [0.717, 1.165) is 47.0 Å². The Morgan fingerprint density at radius 2 is 1.92 bits per heavy atom. The fourth-order valence-corrected chi connectivity index (χ4v) is 2.60. The Bertz CT molecular complexity index is 725. The molecule has 0 amide bonds. The summed E-state index contributed by atoms with van der Waals surface area (Å²) in [6, 6.07) is 3.86. The largest absolute Gasteiger partial charge is 0.471 e. The highest BCUT2D eigenvalue weighted by Gasteiger charge is 2.27. The molecule has 1 aliphatic carbocycles. The zero-order chi connectivity index (χ0) is 17.3. The molecule has 1 aromatic heterocycles. The maximum absolute atomic E-state index is 6.21. The summed E-state index contributed by atoms with van der Waals surface area (Å²) in [7, 11) is 0. The lowest BCUT2D eigenvalue weighted by atomic mass is 10.1. The van der Waals surface area contributed by atoms with Crippen LogP contribution in [0.5, 0.6) is 5.75 Å². The van der Waals surface area contributed by atoms with Gasteiger partial charge < -0.3 is 15.8 Å². The number of anilines is 2. The van der Waals surface area contributed by atoms with Crippen LogP contribution in [0.2, 0.25) is 5.02 Å². The van der Waals surface area contributed by atoms with E-state index in [9.17, 15) is 0 Å².